The Morgan fingerprint density at radius 1 is 1.00 bits per heavy atom. The SMILES string of the molecule is CCOC(=O)Oc1ccc(C(=O)NC2CCN(C(=O)C3CC(=O)N(Cc4ccccc4)C3)CC2)cc1. The molecule has 1 unspecified atom stereocenters. The highest BCUT2D eigenvalue weighted by atomic mass is 16.7. The Hall–Kier alpha value is -3.88. The number of rotatable bonds is 7. The highest BCUT2D eigenvalue weighted by Crippen LogP contribution is 2.24. The second-order valence-electron chi connectivity index (χ2n) is 9.04. The van der Waals surface area contributed by atoms with Crippen molar-refractivity contribution in [2.75, 3.05) is 26.2 Å². The lowest BCUT2D eigenvalue weighted by Crippen LogP contribution is -2.48. The number of likely N-dealkylation sites (tertiary alicyclic amines) is 2. The maximum absolute atomic E-state index is 13.1. The van der Waals surface area contributed by atoms with Crippen molar-refractivity contribution in [2.45, 2.75) is 38.8 Å². The number of amides is 3. The van der Waals surface area contributed by atoms with Crippen LogP contribution >= 0.6 is 0 Å². The van der Waals surface area contributed by atoms with Gasteiger partial charge in [-0.1, -0.05) is 30.3 Å². The van der Waals surface area contributed by atoms with E-state index in [1.165, 1.54) is 12.1 Å². The van der Waals surface area contributed by atoms with E-state index in [1.807, 2.05) is 35.2 Å². The van der Waals surface area contributed by atoms with Crippen LogP contribution in [0.5, 0.6) is 5.75 Å². The molecule has 3 amide bonds. The van der Waals surface area contributed by atoms with Crippen molar-refractivity contribution >= 4 is 23.9 Å². The number of carbonyl (C=O) groups excluding carboxylic acids is 4. The third-order valence-corrected chi connectivity index (χ3v) is 6.50. The molecule has 2 saturated heterocycles. The van der Waals surface area contributed by atoms with Gasteiger partial charge >= 0.3 is 6.16 Å². The molecule has 2 aromatic rings. The molecule has 0 saturated carbocycles. The number of benzene rings is 2. The Labute approximate surface area is 210 Å². The Kier molecular flexibility index (Phi) is 8.20. The molecule has 0 aliphatic carbocycles. The molecule has 0 radical (unpaired) electrons. The van der Waals surface area contributed by atoms with E-state index >= 15 is 0 Å². The second kappa shape index (κ2) is 11.7. The number of carbonyl (C=O) groups is 4. The molecule has 0 spiro atoms. The summed E-state index contributed by atoms with van der Waals surface area (Å²) in [5.41, 5.74) is 1.50. The molecule has 4 rings (SSSR count). The van der Waals surface area contributed by atoms with Gasteiger partial charge in [0.1, 0.15) is 5.75 Å². The van der Waals surface area contributed by atoms with Crippen LogP contribution in [-0.4, -0.2) is 66.0 Å². The van der Waals surface area contributed by atoms with E-state index < -0.39 is 6.16 Å². The Balaban J connectivity index is 1.22. The van der Waals surface area contributed by atoms with Gasteiger partial charge in [-0.2, -0.15) is 0 Å². The van der Waals surface area contributed by atoms with Gasteiger partial charge < -0.3 is 24.6 Å². The summed E-state index contributed by atoms with van der Waals surface area (Å²) >= 11 is 0. The molecule has 0 aromatic heterocycles. The van der Waals surface area contributed by atoms with Crippen molar-refractivity contribution < 1.29 is 28.7 Å². The Bertz CT molecular complexity index is 1080. The van der Waals surface area contributed by atoms with Crippen LogP contribution < -0.4 is 10.1 Å². The van der Waals surface area contributed by atoms with Crippen LogP contribution in [0, 0.1) is 5.92 Å². The number of hydrogen-bond acceptors (Lipinski definition) is 6. The first-order chi connectivity index (χ1) is 17.4. The van der Waals surface area contributed by atoms with Gasteiger partial charge in [0.25, 0.3) is 5.91 Å². The Morgan fingerprint density at radius 3 is 2.36 bits per heavy atom. The lowest BCUT2D eigenvalue weighted by Gasteiger charge is -2.33. The number of nitrogens with one attached hydrogen (secondary N) is 1. The van der Waals surface area contributed by atoms with E-state index in [-0.39, 0.29) is 42.7 Å². The van der Waals surface area contributed by atoms with Crippen molar-refractivity contribution in [1.82, 2.24) is 15.1 Å². The van der Waals surface area contributed by atoms with Gasteiger partial charge in [0, 0.05) is 44.2 Å². The zero-order valence-electron chi connectivity index (χ0n) is 20.4. The first-order valence-corrected chi connectivity index (χ1v) is 12.3. The van der Waals surface area contributed by atoms with Crippen LogP contribution in [0.1, 0.15) is 42.1 Å². The predicted molar refractivity (Wildman–Crippen MR) is 131 cm³/mol. The van der Waals surface area contributed by atoms with Gasteiger partial charge in [-0.25, -0.2) is 4.79 Å². The van der Waals surface area contributed by atoms with Crippen LogP contribution in [0.4, 0.5) is 4.79 Å². The average Bonchev–Trinajstić information content (AvgIpc) is 3.25. The van der Waals surface area contributed by atoms with Gasteiger partial charge in [0.2, 0.25) is 11.8 Å². The quantitative estimate of drug-likeness (QED) is 0.470. The molecular weight excluding hydrogens is 462 g/mol. The van der Waals surface area contributed by atoms with Gasteiger partial charge in [-0.3, -0.25) is 14.4 Å². The number of hydrogen-bond donors (Lipinski definition) is 1. The molecule has 2 aromatic carbocycles. The van der Waals surface area contributed by atoms with E-state index in [4.69, 9.17) is 9.47 Å². The number of ether oxygens (including phenoxy) is 2. The molecule has 2 fully saturated rings. The monoisotopic (exact) mass is 493 g/mol. The van der Waals surface area contributed by atoms with Crippen molar-refractivity contribution in [3.05, 3.63) is 65.7 Å². The molecule has 190 valence electrons. The largest absolute Gasteiger partial charge is 0.513 e. The van der Waals surface area contributed by atoms with Crippen LogP contribution in [0.3, 0.4) is 0 Å². The third kappa shape index (κ3) is 6.41. The second-order valence-corrected chi connectivity index (χ2v) is 9.04. The van der Waals surface area contributed by atoms with Gasteiger partial charge in [0.15, 0.2) is 0 Å². The van der Waals surface area contributed by atoms with E-state index in [0.717, 1.165) is 5.56 Å². The third-order valence-electron chi connectivity index (χ3n) is 6.50. The zero-order valence-corrected chi connectivity index (χ0v) is 20.4. The summed E-state index contributed by atoms with van der Waals surface area (Å²) in [7, 11) is 0. The highest BCUT2D eigenvalue weighted by Gasteiger charge is 2.37. The van der Waals surface area contributed by atoms with E-state index in [9.17, 15) is 19.2 Å². The first-order valence-electron chi connectivity index (χ1n) is 12.3. The van der Waals surface area contributed by atoms with Crippen molar-refractivity contribution in [3.8, 4) is 5.75 Å². The standard InChI is InChI=1S/C27H31N3O6/c1-2-35-27(34)36-23-10-8-20(9-11-23)25(32)28-22-12-14-29(15-13-22)26(33)21-16-24(31)30(18-21)17-19-6-4-3-5-7-19/h3-11,21-22H,2,12-18H2,1H3,(H,28,32). The summed E-state index contributed by atoms with van der Waals surface area (Å²) in [6, 6.07) is 16.0. The van der Waals surface area contributed by atoms with E-state index in [2.05, 4.69) is 5.32 Å². The summed E-state index contributed by atoms with van der Waals surface area (Å²) in [4.78, 5) is 53.1. The Morgan fingerprint density at radius 2 is 1.69 bits per heavy atom. The highest BCUT2D eigenvalue weighted by molar-refractivity contribution is 5.94. The first kappa shape index (κ1) is 25.2. The molecule has 36 heavy (non-hydrogen) atoms. The minimum atomic E-state index is -0.790. The molecule has 9 heteroatoms. The van der Waals surface area contributed by atoms with Crippen molar-refractivity contribution in [2.24, 2.45) is 5.92 Å². The van der Waals surface area contributed by atoms with Gasteiger partial charge in [-0.05, 0) is 49.6 Å². The molecule has 1 N–H and O–H groups in total. The lowest BCUT2D eigenvalue weighted by atomic mass is 10.0. The summed E-state index contributed by atoms with van der Waals surface area (Å²) in [5, 5.41) is 3.01. The molecule has 1 atom stereocenters. The fourth-order valence-electron chi connectivity index (χ4n) is 4.58. The minimum Gasteiger partial charge on any atom is -0.434 e. The topological polar surface area (TPSA) is 105 Å². The molecule has 2 heterocycles. The average molecular weight is 494 g/mol. The number of nitrogens with zero attached hydrogens (tertiary/aromatic N) is 2. The van der Waals surface area contributed by atoms with Gasteiger partial charge in [0.05, 0.1) is 12.5 Å². The maximum Gasteiger partial charge on any atom is 0.513 e. The zero-order chi connectivity index (χ0) is 25.5. The molecule has 2 aliphatic rings. The minimum absolute atomic E-state index is 0.0121. The molecular formula is C27H31N3O6. The summed E-state index contributed by atoms with van der Waals surface area (Å²) in [6.45, 7) is 3.95. The smallest absolute Gasteiger partial charge is 0.434 e. The normalized spacial score (nSPS) is 18.1. The van der Waals surface area contributed by atoms with Crippen LogP contribution in [-0.2, 0) is 20.9 Å². The summed E-state index contributed by atoms with van der Waals surface area (Å²) < 4.78 is 9.73. The fraction of sp³-hybridized carbons (Fsp3) is 0.407. The molecule has 9 nitrogen and oxygen atoms in total. The summed E-state index contributed by atoms with van der Waals surface area (Å²) in [6.07, 6.45) is 0.756. The molecule has 2 aliphatic heterocycles. The van der Waals surface area contributed by atoms with Crippen LogP contribution in [0.15, 0.2) is 54.6 Å². The molecule has 0 bridgehead atoms. The lowest BCUT2D eigenvalue weighted by molar-refractivity contribution is -0.136. The van der Waals surface area contributed by atoms with Crippen molar-refractivity contribution in [3.63, 3.8) is 0 Å². The maximum atomic E-state index is 13.1. The number of piperidine rings is 1. The van der Waals surface area contributed by atoms with Gasteiger partial charge in [-0.15, -0.1) is 0 Å². The fourth-order valence-corrected chi connectivity index (χ4v) is 4.58. The van der Waals surface area contributed by atoms with Crippen LogP contribution in [0.2, 0.25) is 0 Å². The predicted octanol–water partition coefficient (Wildman–Crippen LogP) is 2.99. The summed E-state index contributed by atoms with van der Waals surface area (Å²) in [5.74, 6) is -0.216. The van der Waals surface area contributed by atoms with Crippen molar-refractivity contribution in [1.29, 1.82) is 0 Å². The van der Waals surface area contributed by atoms with E-state index in [1.54, 1.807) is 24.0 Å². The van der Waals surface area contributed by atoms with E-state index in [0.29, 0.717) is 50.3 Å². The van der Waals surface area contributed by atoms with Crippen LogP contribution in [0.25, 0.3) is 0 Å².